The first-order valence-corrected chi connectivity index (χ1v) is 10.9. The third kappa shape index (κ3) is 12.1. The van der Waals surface area contributed by atoms with Gasteiger partial charge in [-0.25, -0.2) is 4.79 Å². The Morgan fingerprint density at radius 3 is 1.74 bits per heavy atom. The first-order valence-electron chi connectivity index (χ1n) is 10.9. The monoisotopic (exact) mass is 504 g/mol. The maximum absolute atomic E-state index is 12.3. The Kier molecular flexibility index (Phi) is 14.1. The van der Waals surface area contributed by atoms with Crippen molar-refractivity contribution in [2.75, 3.05) is 19.8 Å². The van der Waals surface area contributed by atoms with Gasteiger partial charge in [-0.15, -0.1) is 0 Å². The normalized spacial score (nSPS) is 15.1. The fourth-order valence-corrected chi connectivity index (χ4v) is 2.60. The second kappa shape index (κ2) is 15.6. The average molecular weight is 505 g/mol. The van der Waals surface area contributed by atoms with Gasteiger partial charge >= 0.3 is 5.97 Å². The van der Waals surface area contributed by atoms with Crippen molar-refractivity contribution < 1.29 is 44.1 Å². The van der Waals surface area contributed by atoms with Gasteiger partial charge in [-0.1, -0.05) is 13.8 Å². The van der Waals surface area contributed by atoms with E-state index >= 15 is 0 Å². The van der Waals surface area contributed by atoms with Gasteiger partial charge in [0.2, 0.25) is 29.5 Å². The van der Waals surface area contributed by atoms with Gasteiger partial charge in [-0.2, -0.15) is 0 Å². The van der Waals surface area contributed by atoms with Crippen LogP contribution >= 0.6 is 0 Å². The number of nitrogens with two attached hydrogens (primary N) is 1. The number of nitrogens with one attached hydrogen (secondary N) is 5. The molecule has 0 aromatic rings. The standard InChI is InChI=1S/C20H36N6O9/c1-9(2)5-13(20(34)35)25-15(29)6-22-16(30)10(3)24-19(33)14(8-28)26-17(31)11(4)23-18(32)12(21)7-27/h9-14,27-28H,5-8,21H2,1-4H3,(H,22,30)(H,23,32)(H,24,33)(H,25,29)(H,26,31)(H,34,35)/t10-,11-,12-,13-,14-/m0/s1. The SMILES string of the molecule is CC(C)C[C@H](NC(=O)CNC(=O)[C@H](C)NC(=O)[C@H](CO)NC(=O)[C@H](C)NC(=O)[C@@H](N)CO)C(=O)O. The third-order valence-corrected chi connectivity index (χ3v) is 4.62. The van der Waals surface area contributed by atoms with Crippen LogP contribution in [0.5, 0.6) is 0 Å². The molecule has 0 rings (SSSR count). The minimum atomic E-state index is -1.46. The van der Waals surface area contributed by atoms with Crippen molar-refractivity contribution in [3.05, 3.63) is 0 Å². The number of carboxylic acid groups (broad SMARTS) is 1. The third-order valence-electron chi connectivity index (χ3n) is 4.62. The average Bonchev–Trinajstić information content (AvgIpc) is 2.78. The summed E-state index contributed by atoms with van der Waals surface area (Å²) in [5.74, 6) is -5.25. The zero-order chi connectivity index (χ0) is 27.3. The first-order chi connectivity index (χ1) is 16.2. The van der Waals surface area contributed by atoms with E-state index in [1.54, 1.807) is 13.8 Å². The number of amides is 5. The predicted molar refractivity (Wildman–Crippen MR) is 121 cm³/mol. The highest BCUT2D eigenvalue weighted by Gasteiger charge is 2.27. The molecule has 5 amide bonds. The van der Waals surface area contributed by atoms with E-state index < -0.39 is 85.5 Å². The Hall–Kier alpha value is -3.30. The van der Waals surface area contributed by atoms with Crippen LogP contribution in [0.1, 0.15) is 34.1 Å². The van der Waals surface area contributed by atoms with E-state index in [2.05, 4.69) is 26.6 Å². The number of carbonyl (C=O) groups excluding carboxylic acids is 5. The smallest absolute Gasteiger partial charge is 0.326 e. The molecule has 0 aliphatic rings. The molecule has 0 saturated carbocycles. The zero-order valence-corrected chi connectivity index (χ0v) is 20.2. The fourth-order valence-electron chi connectivity index (χ4n) is 2.60. The van der Waals surface area contributed by atoms with Crippen LogP contribution in [0, 0.1) is 5.92 Å². The summed E-state index contributed by atoms with van der Waals surface area (Å²) < 4.78 is 0. The van der Waals surface area contributed by atoms with Crippen LogP contribution in [0.4, 0.5) is 0 Å². The molecule has 0 bridgehead atoms. The summed E-state index contributed by atoms with van der Waals surface area (Å²) in [6.07, 6.45) is 0.201. The molecule has 0 unspecified atom stereocenters. The lowest BCUT2D eigenvalue weighted by Gasteiger charge is -2.22. The second-order valence-electron chi connectivity index (χ2n) is 8.30. The van der Waals surface area contributed by atoms with E-state index in [-0.39, 0.29) is 12.3 Å². The number of carbonyl (C=O) groups is 6. The molecule has 5 atom stereocenters. The van der Waals surface area contributed by atoms with Gasteiger partial charge in [-0.05, 0) is 26.2 Å². The number of hydrogen-bond donors (Lipinski definition) is 9. The number of carboxylic acids is 1. The Morgan fingerprint density at radius 2 is 1.26 bits per heavy atom. The molecule has 15 nitrogen and oxygen atoms in total. The molecule has 0 aliphatic carbocycles. The largest absolute Gasteiger partial charge is 0.480 e. The molecule has 0 saturated heterocycles. The molecule has 0 radical (unpaired) electrons. The maximum atomic E-state index is 12.3. The molecule has 200 valence electrons. The van der Waals surface area contributed by atoms with Crippen molar-refractivity contribution in [2.24, 2.45) is 11.7 Å². The van der Waals surface area contributed by atoms with E-state index in [1.165, 1.54) is 13.8 Å². The van der Waals surface area contributed by atoms with Gasteiger partial charge in [0.05, 0.1) is 19.8 Å². The Balaban J connectivity index is 4.74. The topological polar surface area (TPSA) is 249 Å². The number of aliphatic carboxylic acids is 1. The summed E-state index contributed by atoms with van der Waals surface area (Å²) in [6, 6.07) is -6.14. The number of rotatable bonds is 15. The minimum Gasteiger partial charge on any atom is -0.480 e. The highest BCUT2D eigenvalue weighted by molar-refractivity contribution is 5.95. The summed E-state index contributed by atoms with van der Waals surface area (Å²) >= 11 is 0. The summed E-state index contributed by atoms with van der Waals surface area (Å²) in [6.45, 7) is 4.17. The number of aliphatic hydroxyl groups excluding tert-OH is 2. The van der Waals surface area contributed by atoms with E-state index in [0.717, 1.165) is 0 Å². The highest BCUT2D eigenvalue weighted by atomic mass is 16.4. The van der Waals surface area contributed by atoms with Crippen LogP contribution in [0.3, 0.4) is 0 Å². The predicted octanol–water partition coefficient (Wildman–Crippen LogP) is -4.48. The van der Waals surface area contributed by atoms with Gasteiger partial charge in [0.15, 0.2) is 0 Å². The van der Waals surface area contributed by atoms with Crippen LogP contribution in [0.2, 0.25) is 0 Å². The molecule has 0 aromatic carbocycles. The Morgan fingerprint density at radius 1 is 0.714 bits per heavy atom. The lowest BCUT2D eigenvalue weighted by molar-refractivity contribution is -0.142. The molecule has 0 heterocycles. The maximum Gasteiger partial charge on any atom is 0.326 e. The molecule has 0 fully saturated rings. The van der Waals surface area contributed by atoms with Crippen molar-refractivity contribution in [3.8, 4) is 0 Å². The molecule has 15 heteroatoms. The molecule has 35 heavy (non-hydrogen) atoms. The molecular formula is C20H36N6O9. The van der Waals surface area contributed by atoms with Gasteiger partial charge < -0.3 is 47.6 Å². The van der Waals surface area contributed by atoms with Crippen molar-refractivity contribution in [1.29, 1.82) is 0 Å². The summed E-state index contributed by atoms with van der Waals surface area (Å²) in [5, 5.41) is 38.7. The Labute approximate surface area is 202 Å². The molecule has 0 spiro atoms. The van der Waals surface area contributed by atoms with E-state index in [4.69, 9.17) is 15.9 Å². The van der Waals surface area contributed by atoms with Gasteiger partial charge in [0, 0.05) is 0 Å². The van der Waals surface area contributed by atoms with Gasteiger partial charge in [0.1, 0.15) is 30.2 Å². The van der Waals surface area contributed by atoms with Crippen molar-refractivity contribution in [1.82, 2.24) is 26.6 Å². The summed E-state index contributed by atoms with van der Waals surface area (Å²) in [5.41, 5.74) is 5.34. The lowest BCUT2D eigenvalue weighted by Crippen LogP contribution is -2.58. The van der Waals surface area contributed by atoms with Crippen molar-refractivity contribution >= 4 is 35.5 Å². The second-order valence-corrected chi connectivity index (χ2v) is 8.30. The molecule has 0 aromatic heterocycles. The Bertz CT molecular complexity index is 776. The minimum absolute atomic E-state index is 0.0126. The highest BCUT2D eigenvalue weighted by Crippen LogP contribution is 2.04. The van der Waals surface area contributed by atoms with Crippen LogP contribution in [-0.4, -0.2) is 101 Å². The van der Waals surface area contributed by atoms with E-state index in [9.17, 15) is 33.9 Å². The van der Waals surface area contributed by atoms with Crippen LogP contribution in [0.15, 0.2) is 0 Å². The van der Waals surface area contributed by atoms with Crippen molar-refractivity contribution in [3.63, 3.8) is 0 Å². The molecule has 10 N–H and O–H groups in total. The van der Waals surface area contributed by atoms with E-state index in [0.29, 0.717) is 0 Å². The summed E-state index contributed by atoms with van der Waals surface area (Å²) in [7, 11) is 0. The molecular weight excluding hydrogens is 468 g/mol. The summed E-state index contributed by atoms with van der Waals surface area (Å²) in [4.78, 5) is 71.5. The quantitative estimate of drug-likeness (QED) is 0.103. The van der Waals surface area contributed by atoms with Crippen LogP contribution in [-0.2, 0) is 28.8 Å². The fraction of sp³-hybridized carbons (Fsp3) is 0.700. The lowest BCUT2D eigenvalue weighted by atomic mass is 10.0. The van der Waals surface area contributed by atoms with Crippen molar-refractivity contribution in [2.45, 2.75) is 64.3 Å². The van der Waals surface area contributed by atoms with Crippen LogP contribution in [0.25, 0.3) is 0 Å². The zero-order valence-electron chi connectivity index (χ0n) is 20.2. The molecule has 0 aliphatic heterocycles. The van der Waals surface area contributed by atoms with Gasteiger partial charge in [-0.3, -0.25) is 24.0 Å². The number of hydrogen-bond acceptors (Lipinski definition) is 9. The number of aliphatic hydroxyl groups is 2. The van der Waals surface area contributed by atoms with E-state index in [1.807, 2.05) is 0 Å². The van der Waals surface area contributed by atoms with Gasteiger partial charge in [0.25, 0.3) is 0 Å². The van der Waals surface area contributed by atoms with Crippen LogP contribution < -0.4 is 32.3 Å². The first kappa shape index (κ1) is 31.7.